The number of amides is 2. The minimum atomic E-state index is -4.92. The lowest BCUT2D eigenvalue weighted by Crippen LogP contribution is -2.32. The topological polar surface area (TPSA) is 97.1 Å². The van der Waals surface area contributed by atoms with Gasteiger partial charge < -0.3 is 20.1 Å². The second-order valence-electron chi connectivity index (χ2n) is 10.4. The SMILES string of the molecule is Cn1c(-c2cn([C@@H]3CC3(F)F)nc2C(F)(F)F)cnc1C(=O)Nc1ccc(C(=O)N2C[C@H]3CNC[C@@H]3C2)c(Cl)c1. The molecular formula is C25H23ClF5N7O2. The van der Waals surface area contributed by atoms with E-state index in [1.165, 1.54) is 25.2 Å². The van der Waals surface area contributed by atoms with Crippen molar-refractivity contribution in [2.24, 2.45) is 18.9 Å². The Morgan fingerprint density at radius 1 is 1.18 bits per heavy atom. The van der Waals surface area contributed by atoms with E-state index in [-0.39, 0.29) is 28.1 Å². The van der Waals surface area contributed by atoms with Gasteiger partial charge in [-0.3, -0.25) is 14.3 Å². The summed E-state index contributed by atoms with van der Waals surface area (Å²) in [5, 5.41) is 9.41. The first kappa shape index (κ1) is 26.7. The van der Waals surface area contributed by atoms with Crippen LogP contribution in [0.3, 0.4) is 0 Å². The van der Waals surface area contributed by atoms with E-state index < -0.39 is 41.7 Å². The van der Waals surface area contributed by atoms with E-state index in [9.17, 15) is 31.5 Å². The fraction of sp³-hybridized carbons (Fsp3) is 0.440. The van der Waals surface area contributed by atoms with Gasteiger partial charge in [-0.2, -0.15) is 18.3 Å². The molecule has 2 aliphatic heterocycles. The standard InChI is InChI=1S/C25H23ClF5N7O2/c1-36-18(16-11-38(19-5-24(19,27)28)35-20(16)25(29,30)31)8-33-21(36)22(39)34-14-2-3-15(17(26)4-14)23(40)37-9-12-6-32-7-13(12)10-37/h2-4,8,11-13,19,32H,5-7,9-10H2,1H3,(H,34,39)/t12-,13-,19-/m1/s1. The Kier molecular flexibility index (Phi) is 6.18. The van der Waals surface area contributed by atoms with Gasteiger partial charge in [0.05, 0.1) is 28.0 Å². The van der Waals surface area contributed by atoms with Gasteiger partial charge in [-0.05, 0) is 30.0 Å². The van der Waals surface area contributed by atoms with E-state index in [0.29, 0.717) is 35.2 Å². The summed E-state index contributed by atoms with van der Waals surface area (Å²) < 4.78 is 69.8. The predicted molar refractivity (Wildman–Crippen MR) is 133 cm³/mol. The van der Waals surface area contributed by atoms with Crippen molar-refractivity contribution in [2.45, 2.75) is 24.6 Å². The van der Waals surface area contributed by atoms with Gasteiger partial charge >= 0.3 is 6.18 Å². The molecule has 0 radical (unpaired) electrons. The molecule has 3 fully saturated rings. The fourth-order valence-corrected chi connectivity index (χ4v) is 5.71. The molecule has 212 valence electrons. The van der Waals surface area contributed by atoms with E-state index in [4.69, 9.17) is 11.6 Å². The van der Waals surface area contributed by atoms with Crippen molar-refractivity contribution in [3.05, 3.63) is 52.7 Å². The molecule has 3 aliphatic rings. The number of imidazole rings is 1. The summed E-state index contributed by atoms with van der Waals surface area (Å²) in [5.41, 5.74) is -1.41. The number of fused-ring (bicyclic) bond motifs is 1. The van der Waals surface area contributed by atoms with E-state index in [1.54, 1.807) is 4.90 Å². The van der Waals surface area contributed by atoms with Crippen molar-refractivity contribution >= 4 is 29.1 Å². The molecule has 4 heterocycles. The molecule has 3 atom stereocenters. The zero-order valence-electron chi connectivity index (χ0n) is 21.0. The molecule has 2 saturated heterocycles. The van der Waals surface area contributed by atoms with Gasteiger partial charge in [0.25, 0.3) is 17.7 Å². The molecule has 15 heteroatoms. The predicted octanol–water partition coefficient (Wildman–Crippen LogP) is 4.08. The highest BCUT2D eigenvalue weighted by Crippen LogP contribution is 2.53. The van der Waals surface area contributed by atoms with Crippen LogP contribution in [0.1, 0.15) is 39.1 Å². The Morgan fingerprint density at radius 3 is 2.45 bits per heavy atom. The van der Waals surface area contributed by atoms with Crippen LogP contribution in [0.25, 0.3) is 11.3 Å². The minimum Gasteiger partial charge on any atom is -0.338 e. The van der Waals surface area contributed by atoms with Crippen LogP contribution in [-0.2, 0) is 13.2 Å². The van der Waals surface area contributed by atoms with E-state index in [2.05, 4.69) is 20.7 Å². The van der Waals surface area contributed by atoms with Crippen LogP contribution in [0, 0.1) is 11.8 Å². The number of nitrogens with zero attached hydrogens (tertiary/aromatic N) is 5. The number of carbonyl (C=O) groups is 2. The molecule has 1 saturated carbocycles. The number of benzene rings is 1. The Bertz CT molecular complexity index is 1510. The van der Waals surface area contributed by atoms with Crippen LogP contribution in [0.15, 0.2) is 30.6 Å². The van der Waals surface area contributed by atoms with Crippen LogP contribution in [0.4, 0.5) is 27.6 Å². The highest BCUT2D eigenvalue weighted by Gasteiger charge is 2.59. The number of rotatable bonds is 5. The highest BCUT2D eigenvalue weighted by atomic mass is 35.5. The number of hydrogen-bond donors (Lipinski definition) is 2. The van der Waals surface area contributed by atoms with E-state index in [0.717, 1.165) is 30.1 Å². The Hall–Kier alpha value is -3.52. The maximum atomic E-state index is 13.7. The molecule has 0 spiro atoms. The van der Waals surface area contributed by atoms with Crippen molar-refractivity contribution < 1.29 is 31.5 Å². The first-order valence-corrected chi connectivity index (χ1v) is 12.9. The lowest BCUT2D eigenvalue weighted by Gasteiger charge is -2.18. The first-order valence-electron chi connectivity index (χ1n) is 12.5. The number of alkyl halides is 5. The zero-order chi connectivity index (χ0) is 28.6. The van der Waals surface area contributed by atoms with Crippen molar-refractivity contribution in [3.63, 3.8) is 0 Å². The second-order valence-corrected chi connectivity index (χ2v) is 10.8. The average molecular weight is 584 g/mol. The third-order valence-electron chi connectivity index (χ3n) is 7.71. The summed E-state index contributed by atoms with van der Waals surface area (Å²) in [4.78, 5) is 31.7. The van der Waals surface area contributed by atoms with Crippen LogP contribution < -0.4 is 10.6 Å². The molecule has 2 amide bonds. The molecule has 9 nitrogen and oxygen atoms in total. The van der Waals surface area contributed by atoms with Crippen molar-refractivity contribution in [1.29, 1.82) is 0 Å². The van der Waals surface area contributed by atoms with Gasteiger partial charge in [0.1, 0.15) is 6.04 Å². The van der Waals surface area contributed by atoms with Gasteiger partial charge in [0.15, 0.2) is 11.5 Å². The normalized spacial score (nSPS) is 23.4. The van der Waals surface area contributed by atoms with Crippen molar-refractivity contribution in [3.8, 4) is 11.3 Å². The number of nitrogens with one attached hydrogen (secondary N) is 2. The Labute approximate surface area is 229 Å². The lowest BCUT2D eigenvalue weighted by atomic mass is 10.0. The highest BCUT2D eigenvalue weighted by molar-refractivity contribution is 6.34. The van der Waals surface area contributed by atoms with Gasteiger partial charge in [-0.15, -0.1) is 0 Å². The van der Waals surface area contributed by atoms with Crippen LogP contribution in [-0.4, -0.2) is 68.1 Å². The van der Waals surface area contributed by atoms with Gasteiger partial charge in [-0.25, -0.2) is 13.8 Å². The first-order chi connectivity index (χ1) is 18.8. The number of hydrogen-bond acceptors (Lipinski definition) is 5. The van der Waals surface area contributed by atoms with Crippen LogP contribution in [0.2, 0.25) is 5.02 Å². The molecule has 0 unspecified atom stereocenters. The van der Waals surface area contributed by atoms with Crippen molar-refractivity contribution in [1.82, 2.24) is 29.5 Å². The van der Waals surface area contributed by atoms with Gasteiger partial charge in [0, 0.05) is 51.5 Å². The van der Waals surface area contributed by atoms with Crippen LogP contribution >= 0.6 is 11.6 Å². The Balaban J connectivity index is 1.20. The molecule has 6 rings (SSSR count). The Morgan fingerprint density at radius 2 is 1.85 bits per heavy atom. The summed E-state index contributed by atoms with van der Waals surface area (Å²) in [6, 6.07) is 2.96. The van der Waals surface area contributed by atoms with E-state index >= 15 is 0 Å². The molecule has 0 bridgehead atoms. The van der Waals surface area contributed by atoms with Crippen molar-refractivity contribution in [2.75, 3.05) is 31.5 Å². The number of anilines is 1. The maximum absolute atomic E-state index is 13.7. The molecule has 1 aromatic carbocycles. The van der Waals surface area contributed by atoms with Gasteiger partial charge in [0.2, 0.25) is 0 Å². The zero-order valence-corrected chi connectivity index (χ0v) is 21.7. The average Bonchev–Trinajstić information content (AvgIpc) is 3.42. The molecule has 3 aromatic rings. The third-order valence-corrected chi connectivity index (χ3v) is 8.03. The number of carbonyl (C=O) groups excluding carboxylic acids is 2. The molecule has 1 aliphatic carbocycles. The number of likely N-dealkylation sites (tertiary alicyclic amines) is 1. The van der Waals surface area contributed by atoms with E-state index in [1.807, 2.05) is 0 Å². The second kappa shape index (κ2) is 9.26. The number of aromatic nitrogens is 4. The third kappa shape index (κ3) is 4.62. The summed E-state index contributed by atoms with van der Waals surface area (Å²) >= 11 is 6.38. The summed E-state index contributed by atoms with van der Waals surface area (Å²) in [6.45, 7) is 3.03. The summed E-state index contributed by atoms with van der Waals surface area (Å²) in [5.74, 6) is -3.48. The maximum Gasteiger partial charge on any atom is 0.435 e. The number of halogens is 6. The van der Waals surface area contributed by atoms with Crippen LogP contribution in [0.5, 0.6) is 0 Å². The van der Waals surface area contributed by atoms with Gasteiger partial charge in [-0.1, -0.05) is 11.6 Å². The molecule has 2 N–H and O–H groups in total. The molecular weight excluding hydrogens is 561 g/mol. The monoisotopic (exact) mass is 583 g/mol. The summed E-state index contributed by atoms with van der Waals surface area (Å²) in [7, 11) is 1.33. The lowest BCUT2D eigenvalue weighted by molar-refractivity contribution is -0.141. The largest absolute Gasteiger partial charge is 0.435 e. The molecule has 40 heavy (non-hydrogen) atoms. The molecule has 2 aromatic heterocycles. The minimum absolute atomic E-state index is 0.128. The quantitative estimate of drug-likeness (QED) is 0.441. The summed E-state index contributed by atoms with van der Waals surface area (Å²) in [6.07, 6.45) is -3.58. The smallest absolute Gasteiger partial charge is 0.338 e. The fourth-order valence-electron chi connectivity index (χ4n) is 5.45.